The van der Waals surface area contributed by atoms with Crippen molar-refractivity contribution in [1.82, 2.24) is 15.2 Å². The van der Waals surface area contributed by atoms with E-state index in [0.717, 1.165) is 44.8 Å². The molecule has 2 aliphatic rings. The summed E-state index contributed by atoms with van der Waals surface area (Å²) in [7, 11) is 2.15. The van der Waals surface area contributed by atoms with Gasteiger partial charge in [0.25, 0.3) is 0 Å². The summed E-state index contributed by atoms with van der Waals surface area (Å²) in [6.07, 6.45) is 2.39. The van der Waals surface area contributed by atoms with Crippen LogP contribution in [0.1, 0.15) is 25.0 Å². The highest BCUT2D eigenvalue weighted by atomic mass is 16.1. The van der Waals surface area contributed by atoms with Gasteiger partial charge >= 0.3 is 0 Å². The van der Waals surface area contributed by atoms with Gasteiger partial charge in [0.1, 0.15) is 17.6 Å². The molecule has 0 bridgehead atoms. The molecule has 2 aliphatic heterocycles. The molecule has 0 aliphatic carbocycles. The number of hydrogen-bond donors (Lipinski definition) is 1. The Balaban J connectivity index is 1.83. The minimum absolute atomic E-state index is 0.00172. The number of amides is 1. The lowest BCUT2D eigenvalue weighted by Crippen LogP contribution is -2.61. The highest BCUT2D eigenvalue weighted by Gasteiger charge is 2.41. The number of carbonyl (C=O) groups excluding carboxylic acids is 1. The van der Waals surface area contributed by atoms with Crippen LogP contribution in [0.4, 0.5) is 5.82 Å². The quantitative estimate of drug-likeness (QED) is 0.828. The smallest absolute Gasteiger partial charge is 0.220 e. The molecule has 2 saturated heterocycles. The third-order valence-corrected chi connectivity index (χ3v) is 4.90. The summed E-state index contributed by atoms with van der Waals surface area (Å²) < 4.78 is 0. The van der Waals surface area contributed by atoms with Crippen LogP contribution in [0.15, 0.2) is 18.2 Å². The largest absolute Gasteiger partial charge is 0.356 e. The summed E-state index contributed by atoms with van der Waals surface area (Å²) in [5.41, 5.74) is 0.449. The van der Waals surface area contributed by atoms with E-state index in [4.69, 9.17) is 5.26 Å². The number of nitriles is 1. The van der Waals surface area contributed by atoms with E-state index in [1.165, 1.54) is 0 Å². The van der Waals surface area contributed by atoms with Crippen LogP contribution in [-0.2, 0) is 4.79 Å². The number of hydrogen-bond acceptors (Lipinski definition) is 5. The van der Waals surface area contributed by atoms with Crippen molar-refractivity contribution in [1.29, 1.82) is 5.26 Å². The van der Waals surface area contributed by atoms with E-state index in [2.05, 4.69) is 33.2 Å². The zero-order chi connectivity index (χ0) is 15.6. The fourth-order valence-electron chi connectivity index (χ4n) is 3.45. The Bertz CT molecular complexity index is 611. The average Bonchev–Trinajstić information content (AvgIpc) is 2.73. The second-order valence-electron chi connectivity index (χ2n) is 6.16. The Morgan fingerprint density at radius 3 is 3.05 bits per heavy atom. The number of aromatic nitrogens is 1. The first kappa shape index (κ1) is 14.8. The molecular weight excluding hydrogens is 278 g/mol. The van der Waals surface area contributed by atoms with Gasteiger partial charge in [-0.15, -0.1) is 0 Å². The second-order valence-corrected chi connectivity index (χ2v) is 6.16. The summed E-state index contributed by atoms with van der Waals surface area (Å²) in [4.78, 5) is 20.7. The highest BCUT2D eigenvalue weighted by molar-refractivity contribution is 5.76. The van der Waals surface area contributed by atoms with Gasteiger partial charge in [-0.3, -0.25) is 9.69 Å². The zero-order valence-electron chi connectivity index (χ0n) is 12.9. The molecule has 1 N–H and O–H groups in total. The van der Waals surface area contributed by atoms with E-state index >= 15 is 0 Å². The van der Waals surface area contributed by atoms with Crippen LogP contribution in [0.5, 0.6) is 0 Å². The van der Waals surface area contributed by atoms with Crippen molar-refractivity contribution in [3.63, 3.8) is 0 Å². The molecule has 1 aromatic heterocycles. The number of anilines is 1. The van der Waals surface area contributed by atoms with Crippen LogP contribution in [-0.4, -0.2) is 54.6 Å². The van der Waals surface area contributed by atoms with Crippen molar-refractivity contribution < 1.29 is 4.79 Å². The minimum Gasteiger partial charge on any atom is -0.356 e. The molecule has 22 heavy (non-hydrogen) atoms. The van der Waals surface area contributed by atoms with Crippen LogP contribution in [0.25, 0.3) is 0 Å². The molecule has 1 unspecified atom stereocenters. The van der Waals surface area contributed by atoms with Gasteiger partial charge in [-0.1, -0.05) is 6.07 Å². The Hall–Kier alpha value is -2.13. The summed E-state index contributed by atoms with van der Waals surface area (Å²) >= 11 is 0. The zero-order valence-corrected chi connectivity index (χ0v) is 12.9. The number of pyridine rings is 1. The number of likely N-dealkylation sites (N-methyl/N-ethyl adjacent to an activating group) is 1. The number of piperazine rings is 1. The standard InChI is InChI=1S/C16H21N5O/c1-20-9-10-21(14-4-2-3-13(11-17)19-14)12-16(20)6-5-15(22)18-8-7-16/h2-4H,5-10,12H2,1H3,(H,18,22). The molecule has 1 aromatic rings. The van der Waals surface area contributed by atoms with Crippen molar-refractivity contribution in [2.24, 2.45) is 0 Å². The van der Waals surface area contributed by atoms with Gasteiger partial charge < -0.3 is 10.2 Å². The summed E-state index contributed by atoms with van der Waals surface area (Å²) in [5.74, 6) is 1.00. The lowest BCUT2D eigenvalue weighted by atomic mass is 9.86. The molecule has 1 amide bonds. The number of nitrogens with one attached hydrogen (secondary N) is 1. The highest BCUT2D eigenvalue weighted by Crippen LogP contribution is 2.32. The lowest BCUT2D eigenvalue weighted by Gasteiger charge is -2.49. The van der Waals surface area contributed by atoms with Crippen molar-refractivity contribution in [3.05, 3.63) is 23.9 Å². The predicted octanol–water partition coefficient (Wildman–Crippen LogP) is 0.744. The Labute approximate surface area is 130 Å². The van der Waals surface area contributed by atoms with Gasteiger partial charge in [0.2, 0.25) is 5.91 Å². The van der Waals surface area contributed by atoms with E-state index < -0.39 is 0 Å². The SMILES string of the molecule is CN1CCN(c2cccc(C#N)n2)CC12CCNC(=O)CC2. The lowest BCUT2D eigenvalue weighted by molar-refractivity contribution is -0.120. The molecule has 0 aromatic carbocycles. The Morgan fingerprint density at radius 2 is 2.23 bits per heavy atom. The molecule has 0 radical (unpaired) electrons. The average molecular weight is 299 g/mol. The van der Waals surface area contributed by atoms with E-state index in [0.29, 0.717) is 12.1 Å². The molecule has 0 saturated carbocycles. The third kappa shape index (κ3) is 2.77. The molecule has 6 heteroatoms. The van der Waals surface area contributed by atoms with E-state index in [-0.39, 0.29) is 11.4 Å². The minimum atomic E-state index is 0.00172. The van der Waals surface area contributed by atoms with Crippen LogP contribution in [0.2, 0.25) is 0 Å². The first-order valence-electron chi connectivity index (χ1n) is 7.73. The van der Waals surface area contributed by atoms with Gasteiger partial charge in [-0.2, -0.15) is 5.26 Å². The van der Waals surface area contributed by atoms with Gasteiger partial charge in [-0.25, -0.2) is 4.98 Å². The van der Waals surface area contributed by atoms with Gasteiger partial charge in [0.05, 0.1) is 0 Å². The van der Waals surface area contributed by atoms with Crippen LogP contribution in [0.3, 0.4) is 0 Å². The molecule has 3 rings (SSSR count). The summed E-state index contributed by atoms with van der Waals surface area (Å²) in [5, 5.41) is 12.0. The topological polar surface area (TPSA) is 72.3 Å². The van der Waals surface area contributed by atoms with Crippen LogP contribution in [0, 0.1) is 11.3 Å². The molecule has 1 spiro atoms. The Morgan fingerprint density at radius 1 is 1.36 bits per heavy atom. The molecule has 2 fully saturated rings. The number of nitrogens with zero attached hydrogens (tertiary/aromatic N) is 4. The van der Waals surface area contributed by atoms with Crippen LogP contribution < -0.4 is 10.2 Å². The maximum absolute atomic E-state index is 11.7. The fourth-order valence-corrected chi connectivity index (χ4v) is 3.45. The van der Waals surface area contributed by atoms with E-state index in [1.807, 2.05) is 12.1 Å². The first-order valence-corrected chi connectivity index (χ1v) is 7.73. The normalized spacial score (nSPS) is 26.4. The van der Waals surface area contributed by atoms with E-state index in [1.54, 1.807) is 6.07 Å². The molecule has 116 valence electrons. The molecule has 6 nitrogen and oxygen atoms in total. The van der Waals surface area contributed by atoms with Crippen molar-refractivity contribution in [3.8, 4) is 6.07 Å². The van der Waals surface area contributed by atoms with Crippen molar-refractivity contribution >= 4 is 11.7 Å². The molecule has 1 atom stereocenters. The first-order chi connectivity index (χ1) is 10.6. The maximum atomic E-state index is 11.7. The molecule has 3 heterocycles. The van der Waals surface area contributed by atoms with Crippen molar-refractivity contribution in [2.45, 2.75) is 24.8 Å². The third-order valence-electron chi connectivity index (χ3n) is 4.90. The van der Waals surface area contributed by atoms with Gasteiger partial charge in [0, 0.05) is 38.1 Å². The fraction of sp³-hybridized carbons (Fsp3) is 0.562. The van der Waals surface area contributed by atoms with Gasteiger partial charge in [0.15, 0.2) is 0 Å². The monoisotopic (exact) mass is 299 g/mol. The summed E-state index contributed by atoms with van der Waals surface area (Å²) in [6, 6.07) is 7.66. The number of rotatable bonds is 1. The second kappa shape index (κ2) is 5.93. The van der Waals surface area contributed by atoms with Crippen LogP contribution >= 0.6 is 0 Å². The Kier molecular flexibility index (Phi) is 3.99. The maximum Gasteiger partial charge on any atom is 0.220 e. The van der Waals surface area contributed by atoms with Crippen molar-refractivity contribution in [2.75, 3.05) is 38.1 Å². The van der Waals surface area contributed by atoms with Gasteiger partial charge in [-0.05, 0) is 32.0 Å². The summed E-state index contributed by atoms with van der Waals surface area (Å²) in [6.45, 7) is 3.40. The predicted molar refractivity (Wildman–Crippen MR) is 83.4 cm³/mol. The van der Waals surface area contributed by atoms with E-state index in [9.17, 15) is 4.79 Å². The number of carbonyl (C=O) groups is 1. The molecular formula is C16H21N5O.